The second kappa shape index (κ2) is 5.48. The molecule has 1 aromatic heterocycles. The highest BCUT2D eigenvalue weighted by Gasteiger charge is 2.02. The van der Waals surface area contributed by atoms with Gasteiger partial charge in [-0.15, -0.1) is 0 Å². The number of hydrogen-bond acceptors (Lipinski definition) is 3. The van der Waals surface area contributed by atoms with Crippen LogP contribution in [0.2, 0.25) is 0 Å². The molecule has 0 saturated carbocycles. The molecule has 0 unspecified atom stereocenters. The Morgan fingerprint density at radius 2 is 1.78 bits per heavy atom. The van der Waals surface area contributed by atoms with Gasteiger partial charge >= 0.3 is 0 Å². The van der Waals surface area contributed by atoms with E-state index < -0.39 is 0 Å². The summed E-state index contributed by atoms with van der Waals surface area (Å²) in [4.78, 5) is 8.51. The third kappa shape index (κ3) is 3.29. The van der Waals surface area contributed by atoms with Gasteiger partial charge in [-0.2, -0.15) is 0 Å². The van der Waals surface area contributed by atoms with E-state index in [2.05, 4.69) is 69.3 Å². The number of anilines is 2. The lowest BCUT2D eigenvalue weighted by Crippen LogP contribution is -1.97. The molecule has 0 fully saturated rings. The predicted molar refractivity (Wildman–Crippen MR) is 78.3 cm³/mol. The summed E-state index contributed by atoms with van der Waals surface area (Å²) >= 11 is 3.37. The normalized spacial score (nSPS) is 10.7. The van der Waals surface area contributed by atoms with Crippen LogP contribution in [0.3, 0.4) is 0 Å². The first-order chi connectivity index (χ1) is 8.54. The van der Waals surface area contributed by atoms with Gasteiger partial charge in [0.2, 0.25) is 0 Å². The molecule has 1 N–H and O–H groups in total. The highest BCUT2D eigenvalue weighted by molar-refractivity contribution is 9.10. The van der Waals surface area contributed by atoms with Crippen molar-refractivity contribution in [2.75, 3.05) is 5.32 Å². The molecule has 2 rings (SSSR count). The van der Waals surface area contributed by atoms with Gasteiger partial charge in [0.25, 0.3) is 0 Å². The fourth-order valence-electron chi connectivity index (χ4n) is 1.69. The van der Waals surface area contributed by atoms with Crippen molar-refractivity contribution < 1.29 is 0 Å². The van der Waals surface area contributed by atoms with Gasteiger partial charge < -0.3 is 5.32 Å². The lowest BCUT2D eigenvalue weighted by atomic mass is 10.0. The van der Waals surface area contributed by atoms with E-state index in [0.29, 0.717) is 5.92 Å². The predicted octanol–water partition coefficient (Wildman–Crippen LogP) is 4.41. The largest absolute Gasteiger partial charge is 0.340 e. The van der Waals surface area contributed by atoms with E-state index >= 15 is 0 Å². The van der Waals surface area contributed by atoms with E-state index in [4.69, 9.17) is 0 Å². The number of hydrogen-bond donors (Lipinski definition) is 1. The summed E-state index contributed by atoms with van der Waals surface area (Å²) in [6, 6.07) is 10.3. The quantitative estimate of drug-likeness (QED) is 0.853. The summed E-state index contributed by atoms with van der Waals surface area (Å²) in [5, 5.41) is 3.27. The molecule has 4 heteroatoms. The minimum absolute atomic E-state index is 0.550. The van der Waals surface area contributed by atoms with Gasteiger partial charge in [-0.3, -0.25) is 0 Å². The van der Waals surface area contributed by atoms with Crippen LogP contribution in [0.1, 0.15) is 31.2 Å². The summed E-state index contributed by atoms with van der Waals surface area (Å²) in [5.41, 5.74) is 2.37. The van der Waals surface area contributed by atoms with Gasteiger partial charge in [-0.05, 0) is 46.5 Å². The zero-order valence-electron chi connectivity index (χ0n) is 10.7. The molecule has 18 heavy (non-hydrogen) atoms. The van der Waals surface area contributed by atoms with Crippen LogP contribution in [0.15, 0.2) is 34.9 Å². The summed E-state index contributed by atoms with van der Waals surface area (Å²) < 4.78 is 0.788. The van der Waals surface area contributed by atoms with E-state index in [0.717, 1.165) is 21.9 Å². The average molecular weight is 306 g/mol. The van der Waals surface area contributed by atoms with Crippen LogP contribution < -0.4 is 5.32 Å². The van der Waals surface area contributed by atoms with Gasteiger partial charge in [-0.25, -0.2) is 9.97 Å². The summed E-state index contributed by atoms with van der Waals surface area (Å²) in [7, 11) is 0. The molecular weight excluding hydrogens is 290 g/mol. The van der Waals surface area contributed by atoms with Crippen LogP contribution >= 0.6 is 15.9 Å². The van der Waals surface area contributed by atoms with Crippen LogP contribution in [0, 0.1) is 6.92 Å². The first-order valence-corrected chi connectivity index (χ1v) is 6.72. The zero-order valence-corrected chi connectivity index (χ0v) is 12.3. The van der Waals surface area contributed by atoms with Crippen molar-refractivity contribution in [2.24, 2.45) is 0 Å². The minimum Gasteiger partial charge on any atom is -0.340 e. The van der Waals surface area contributed by atoms with Gasteiger partial charge in [0.05, 0.1) is 0 Å². The van der Waals surface area contributed by atoms with Gasteiger partial charge in [0, 0.05) is 11.8 Å². The third-order valence-corrected chi connectivity index (χ3v) is 3.06. The topological polar surface area (TPSA) is 37.8 Å². The SMILES string of the molecule is Cc1nc(Br)cc(Nc2ccc(C(C)C)cc2)n1. The van der Waals surface area contributed by atoms with Crippen molar-refractivity contribution in [1.29, 1.82) is 0 Å². The van der Waals surface area contributed by atoms with Crippen LogP contribution in [0.4, 0.5) is 11.5 Å². The molecule has 0 amide bonds. The Kier molecular flexibility index (Phi) is 3.97. The van der Waals surface area contributed by atoms with E-state index in [-0.39, 0.29) is 0 Å². The maximum absolute atomic E-state index is 4.33. The van der Waals surface area contributed by atoms with E-state index in [1.54, 1.807) is 0 Å². The number of aryl methyl sites for hydroxylation is 1. The Hall–Kier alpha value is -1.42. The Labute approximate surface area is 116 Å². The molecule has 0 radical (unpaired) electrons. The van der Waals surface area contributed by atoms with Crippen molar-refractivity contribution >= 4 is 27.4 Å². The van der Waals surface area contributed by atoms with Gasteiger partial charge in [0.1, 0.15) is 16.2 Å². The Bertz CT molecular complexity index is 515. The number of nitrogens with one attached hydrogen (secondary N) is 1. The Balaban J connectivity index is 2.18. The number of rotatable bonds is 3. The molecule has 0 saturated heterocycles. The smallest absolute Gasteiger partial charge is 0.135 e. The second-order valence-corrected chi connectivity index (χ2v) is 5.34. The van der Waals surface area contributed by atoms with Crippen molar-refractivity contribution in [3.05, 3.63) is 46.3 Å². The molecule has 0 aliphatic heterocycles. The Morgan fingerprint density at radius 1 is 1.11 bits per heavy atom. The maximum Gasteiger partial charge on any atom is 0.135 e. The molecular formula is C14H16BrN3. The van der Waals surface area contributed by atoms with E-state index in [9.17, 15) is 0 Å². The standard InChI is InChI=1S/C14H16BrN3/c1-9(2)11-4-6-12(7-5-11)18-14-8-13(15)16-10(3)17-14/h4-9H,1-3H3,(H,16,17,18). The number of nitrogens with zero attached hydrogens (tertiary/aromatic N) is 2. The lowest BCUT2D eigenvalue weighted by Gasteiger charge is -2.09. The molecule has 0 aliphatic carbocycles. The molecule has 0 bridgehead atoms. The highest BCUT2D eigenvalue weighted by atomic mass is 79.9. The lowest BCUT2D eigenvalue weighted by molar-refractivity contribution is 0.867. The second-order valence-electron chi connectivity index (χ2n) is 4.52. The molecule has 1 heterocycles. The first-order valence-electron chi connectivity index (χ1n) is 5.93. The molecule has 0 atom stereocenters. The average Bonchev–Trinajstić information content (AvgIpc) is 2.28. The molecule has 0 aliphatic rings. The summed E-state index contributed by atoms with van der Waals surface area (Å²) in [6.45, 7) is 6.25. The van der Waals surface area contributed by atoms with Crippen molar-refractivity contribution in [3.63, 3.8) is 0 Å². The number of aromatic nitrogens is 2. The van der Waals surface area contributed by atoms with Crippen molar-refractivity contribution in [2.45, 2.75) is 26.7 Å². The van der Waals surface area contributed by atoms with Crippen molar-refractivity contribution in [3.8, 4) is 0 Å². The molecule has 0 spiro atoms. The minimum atomic E-state index is 0.550. The van der Waals surface area contributed by atoms with Crippen molar-refractivity contribution in [1.82, 2.24) is 9.97 Å². The zero-order chi connectivity index (χ0) is 13.1. The maximum atomic E-state index is 4.33. The van der Waals surface area contributed by atoms with E-state index in [1.165, 1.54) is 5.56 Å². The van der Waals surface area contributed by atoms with Gasteiger partial charge in [0.15, 0.2) is 0 Å². The summed E-state index contributed by atoms with van der Waals surface area (Å²) in [6.07, 6.45) is 0. The fourth-order valence-corrected chi connectivity index (χ4v) is 2.17. The van der Waals surface area contributed by atoms with Crippen LogP contribution in [-0.4, -0.2) is 9.97 Å². The molecule has 94 valence electrons. The summed E-state index contributed by atoms with van der Waals surface area (Å²) in [5.74, 6) is 2.09. The van der Waals surface area contributed by atoms with Crippen LogP contribution in [0.25, 0.3) is 0 Å². The molecule has 2 aromatic rings. The Morgan fingerprint density at radius 3 is 2.33 bits per heavy atom. The van der Waals surface area contributed by atoms with Gasteiger partial charge in [-0.1, -0.05) is 26.0 Å². The monoisotopic (exact) mass is 305 g/mol. The van der Waals surface area contributed by atoms with Crippen LogP contribution in [0.5, 0.6) is 0 Å². The molecule has 1 aromatic carbocycles. The third-order valence-electron chi connectivity index (χ3n) is 2.66. The molecule has 3 nitrogen and oxygen atoms in total. The van der Waals surface area contributed by atoms with E-state index in [1.807, 2.05) is 13.0 Å². The highest BCUT2D eigenvalue weighted by Crippen LogP contribution is 2.20. The first kappa shape index (κ1) is 13.0. The number of benzene rings is 1. The van der Waals surface area contributed by atoms with Crippen LogP contribution in [-0.2, 0) is 0 Å². The number of halogens is 1. The fraction of sp³-hybridized carbons (Fsp3) is 0.286.